The Bertz CT molecular complexity index is 1790. The lowest BCUT2D eigenvalue weighted by Crippen LogP contribution is -2.68. The third-order valence-corrected chi connectivity index (χ3v) is 16.4. The molecule has 12 heteroatoms. The number of aliphatic hydroxyl groups excluding tert-OH is 1. The molecule has 1 saturated carbocycles. The Labute approximate surface area is 308 Å². The topological polar surface area (TPSA) is 115 Å². The van der Waals surface area contributed by atoms with Gasteiger partial charge in [-0.05, 0) is 69.0 Å². The van der Waals surface area contributed by atoms with Crippen LogP contribution in [0.4, 0.5) is 4.39 Å². The van der Waals surface area contributed by atoms with Gasteiger partial charge in [0.05, 0.1) is 24.8 Å². The monoisotopic (exact) mass is 737 g/mol. The first-order valence-corrected chi connectivity index (χ1v) is 21.8. The molecule has 284 valence electrons. The predicted molar refractivity (Wildman–Crippen MR) is 200 cm³/mol. The number of halogens is 1. The second kappa shape index (κ2) is 14.2. The molecule has 1 aromatic heterocycles. The maximum Gasteiger partial charge on any atom is 0.265 e. The van der Waals surface area contributed by atoms with E-state index >= 15 is 14.0 Å². The van der Waals surface area contributed by atoms with Crippen LogP contribution >= 0.6 is 0 Å². The summed E-state index contributed by atoms with van der Waals surface area (Å²) < 4.78 is 42.4. The third kappa shape index (κ3) is 5.97. The molecule has 1 aliphatic heterocycles. The molecule has 3 aliphatic carbocycles. The number of fused-ring (bicyclic) bond motifs is 5. The Balaban J connectivity index is 1.59. The maximum atomic E-state index is 16.8. The van der Waals surface area contributed by atoms with E-state index in [2.05, 4.69) is 44.3 Å². The van der Waals surface area contributed by atoms with Crippen LogP contribution in [0, 0.1) is 17.7 Å². The summed E-state index contributed by atoms with van der Waals surface area (Å²) in [5, 5.41) is 16.3. The number of hydrogen-bond acceptors (Lipinski definition) is 10. The van der Waals surface area contributed by atoms with E-state index in [1.807, 2.05) is 39.0 Å². The molecule has 0 saturated heterocycles. The lowest BCUT2D eigenvalue weighted by Gasteiger charge is -2.55. The molecule has 0 spiro atoms. The Hall–Kier alpha value is -3.32. The molecule has 0 amide bonds. The van der Waals surface area contributed by atoms with E-state index in [0.717, 1.165) is 25.7 Å². The molecule has 2 heterocycles. The average molecular weight is 738 g/mol. The van der Waals surface area contributed by atoms with Crippen molar-refractivity contribution in [2.45, 2.75) is 116 Å². The van der Waals surface area contributed by atoms with E-state index in [1.54, 1.807) is 6.08 Å². The highest BCUT2D eigenvalue weighted by Crippen LogP contribution is 2.59. The normalized spacial score (nSPS) is 24.4. The number of aromatic nitrogens is 1. The molecular formula is C40H56FN3O7Si. The zero-order valence-corrected chi connectivity index (χ0v) is 33.4. The zero-order chi connectivity index (χ0) is 37.9. The van der Waals surface area contributed by atoms with Crippen molar-refractivity contribution >= 4 is 25.6 Å². The molecule has 52 heavy (non-hydrogen) atoms. The van der Waals surface area contributed by atoms with Crippen molar-refractivity contribution in [3.8, 4) is 11.6 Å². The van der Waals surface area contributed by atoms with Crippen molar-refractivity contribution in [2.24, 2.45) is 11.8 Å². The van der Waals surface area contributed by atoms with Crippen molar-refractivity contribution in [1.82, 2.24) is 15.0 Å². The number of unbranched alkanes of at least 4 members (excludes halogenated alkanes) is 2. The lowest BCUT2D eigenvalue weighted by molar-refractivity contribution is -0.140. The number of carbonyl (C=O) groups excluding carboxylic acids is 2. The van der Waals surface area contributed by atoms with Crippen LogP contribution in [-0.2, 0) is 28.7 Å². The summed E-state index contributed by atoms with van der Waals surface area (Å²) in [5.74, 6) is -2.34. The minimum atomic E-state index is -2.88. The van der Waals surface area contributed by atoms with Gasteiger partial charge in [-0.25, -0.2) is 4.39 Å². The number of benzene rings is 1. The number of ether oxygens (including phenoxy) is 2. The van der Waals surface area contributed by atoms with Gasteiger partial charge in [-0.3, -0.25) is 19.4 Å². The largest absolute Gasteiger partial charge is 0.507 e. The van der Waals surface area contributed by atoms with E-state index in [4.69, 9.17) is 18.4 Å². The molecule has 2 aromatic rings. The Kier molecular flexibility index (Phi) is 10.5. The predicted octanol–water partition coefficient (Wildman–Crippen LogP) is 7.96. The second-order valence-corrected chi connectivity index (χ2v) is 21.4. The number of ketones is 2. The van der Waals surface area contributed by atoms with Crippen molar-refractivity contribution in [3.05, 3.63) is 57.6 Å². The quantitative estimate of drug-likeness (QED) is 0.0940. The summed E-state index contributed by atoms with van der Waals surface area (Å²) in [5.41, 5.74) is 0.00762. The molecule has 0 radical (unpaired) electrons. The third-order valence-electron chi connectivity index (χ3n) is 12.0. The number of aliphatic hydroxyl groups is 1. The summed E-state index contributed by atoms with van der Waals surface area (Å²) in [6.07, 6.45) is 5.51. The van der Waals surface area contributed by atoms with Gasteiger partial charge in [0.1, 0.15) is 22.9 Å². The summed E-state index contributed by atoms with van der Waals surface area (Å²) in [4.78, 5) is 35.0. The van der Waals surface area contributed by atoms with E-state index < -0.39 is 43.4 Å². The van der Waals surface area contributed by atoms with Crippen LogP contribution in [0.5, 0.6) is 11.6 Å². The van der Waals surface area contributed by atoms with Gasteiger partial charge in [0, 0.05) is 47.8 Å². The second-order valence-electron chi connectivity index (χ2n) is 16.7. The summed E-state index contributed by atoms with van der Waals surface area (Å²) in [6, 6.07) is -0.590. The molecule has 1 N–H and O–H groups in total. The number of carbonyl (C=O) groups is 2. The Morgan fingerprint density at radius 1 is 1.06 bits per heavy atom. The number of hydrogen-bond donors (Lipinski definition) is 1. The maximum absolute atomic E-state index is 16.8. The van der Waals surface area contributed by atoms with E-state index in [1.165, 1.54) is 0 Å². The first-order chi connectivity index (χ1) is 24.5. The van der Waals surface area contributed by atoms with Crippen LogP contribution in [0.2, 0.25) is 18.1 Å². The number of nitrogens with zero attached hydrogens (tertiary/aromatic N) is 3. The van der Waals surface area contributed by atoms with Gasteiger partial charge in [0.2, 0.25) is 11.6 Å². The molecule has 0 unspecified atom stereocenters. The zero-order valence-electron chi connectivity index (χ0n) is 32.4. The van der Waals surface area contributed by atoms with Gasteiger partial charge >= 0.3 is 0 Å². The van der Waals surface area contributed by atoms with E-state index in [0.29, 0.717) is 61.0 Å². The Morgan fingerprint density at radius 2 is 1.71 bits per heavy atom. The minimum absolute atomic E-state index is 0.0485. The van der Waals surface area contributed by atoms with Crippen molar-refractivity contribution < 1.29 is 37.5 Å². The summed E-state index contributed by atoms with van der Waals surface area (Å²) >= 11 is 0. The standard InChI is InChI=1S/C40H56FN3O7Si/c1-11-14-17-48-34-26-22-44(16-13-3)21-25(26)31(41)24-19-23-20-27-32(43(7)8)35-30(38(42-50-35)49-18-15-12-2)37(47)40(27,51-52(9,10)39(4,5)6)36(46)28(23)33(45)29(24)34/h13,23,27,32,45H,3,11-12,14-22H2,1-2,4-10H3/t23-,27-,32-,40-/m0/s1. The average Bonchev–Trinajstić information content (AvgIpc) is 3.68. The van der Waals surface area contributed by atoms with E-state index in [9.17, 15) is 5.11 Å². The molecule has 4 aliphatic rings. The van der Waals surface area contributed by atoms with Gasteiger partial charge < -0.3 is 23.5 Å². The van der Waals surface area contributed by atoms with Crippen molar-refractivity contribution in [1.29, 1.82) is 0 Å². The number of Topliss-reactive ketones (excluding diaryl/α,β-unsaturated/α-hetero) is 2. The SMILES string of the molecule is C=CCN1Cc2c(F)c3c(c(OCCCC)c2C1)C(O)=C1C(=O)[C@]2(O[Si](C)(C)C(C)(C)C)C(=O)c4c(OCCCC)noc4[C@@H](N(C)C)[C@@H]2C[C@@H]1C3. The molecule has 1 aromatic carbocycles. The van der Waals surface area contributed by atoms with Crippen molar-refractivity contribution in [3.63, 3.8) is 0 Å². The first-order valence-electron chi connectivity index (χ1n) is 18.9. The van der Waals surface area contributed by atoms with Gasteiger partial charge in [-0.1, -0.05) is 53.5 Å². The van der Waals surface area contributed by atoms with Crippen LogP contribution in [0.15, 0.2) is 22.8 Å². The fourth-order valence-electron chi connectivity index (χ4n) is 8.35. The van der Waals surface area contributed by atoms with Crippen LogP contribution < -0.4 is 9.47 Å². The highest BCUT2D eigenvalue weighted by atomic mass is 28.4. The summed E-state index contributed by atoms with van der Waals surface area (Å²) in [7, 11) is 0.872. The van der Waals surface area contributed by atoms with Gasteiger partial charge in [0.25, 0.3) is 5.88 Å². The van der Waals surface area contributed by atoms with Crippen molar-refractivity contribution in [2.75, 3.05) is 33.9 Å². The van der Waals surface area contributed by atoms with Crippen LogP contribution in [0.25, 0.3) is 5.76 Å². The first kappa shape index (κ1) is 38.4. The highest BCUT2D eigenvalue weighted by Gasteiger charge is 2.69. The van der Waals surface area contributed by atoms with Gasteiger partial charge in [0.15, 0.2) is 19.7 Å². The van der Waals surface area contributed by atoms with Crippen LogP contribution in [0.3, 0.4) is 0 Å². The molecule has 1 fully saturated rings. The molecule has 4 atom stereocenters. The van der Waals surface area contributed by atoms with Crippen LogP contribution in [0.1, 0.15) is 111 Å². The van der Waals surface area contributed by atoms with Gasteiger partial charge in [-0.15, -0.1) is 6.58 Å². The highest BCUT2D eigenvalue weighted by molar-refractivity contribution is 6.74. The Morgan fingerprint density at radius 3 is 2.33 bits per heavy atom. The lowest BCUT2D eigenvalue weighted by atomic mass is 9.57. The van der Waals surface area contributed by atoms with E-state index in [-0.39, 0.29) is 52.0 Å². The molecule has 0 bridgehead atoms. The summed E-state index contributed by atoms with van der Waals surface area (Å²) in [6.45, 7) is 20.3. The molecule has 6 rings (SSSR count). The van der Waals surface area contributed by atoms with Gasteiger partial charge in [-0.2, -0.15) is 0 Å². The fraction of sp³-hybridized carbons (Fsp3) is 0.625. The fourth-order valence-corrected chi connectivity index (χ4v) is 9.80. The minimum Gasteiger partial charge on any atom is -0.507 e. The van der Waals surface area contributed by atoms with Crippen LogP contribution in [-0.4, -0.2) is 79.4 Å². The molecule has 10 nitrogen and oxygen atoms in total. The smallest absolute Gasteiger partial charge is 0.265 e. The molecular weight excluding hydrogens is 682 g/mol. The number of rotatable bonds is 13.